The summed E-state index contributed by atoms with van der Waals surface area (Å²) in [6, 6.07) is 5.72. The molecule has 1 aromatic carbocycles. The molecule has 1 fully saturated rings. The molecule has 6 heteroatoms. The highest BCUT2D eigenvalue weighted by Crippen LogP contribution is 2.32. The molecular weight excluding hydrogens is 286 g/mol. The number of piperidine rings is 1. The molecule has 1 unspecified atom stereocenters. The van der Waals surface area contributed by atoms with Crippen LogP contribution in [0.15, 0.2) is 18.2 Å². The van der Waals surface area contributed by atoms with Crippen molar-refractivity contribution in [3.8, 4) is 5.75 Å². The van der Waals surface area contributed by atoms with Gasteiger partial charge in [-0.05, 0) is 44.5 Å². The number of anilines is 1. The van der Waals surface area contributed by atoms with Crippen LogP contribution in [0.1, 0.15) is 19.8 Å². The predicted molar refractivity (Wildman–Crippen MR) is 85.0 cm³/mol. The fourth-order valence-electron chi connectivity index (χ4n) is 2.58. The maximum absolute atomic E-state index is 12.5. The molecule has 5 nitrogen and oxygen atoms in total. The number of nitrogens with one attached hydrogen (secondary N) is 2. The zero-order valence-electron chi connectivity index (χ0n) is 12.2. The van der Waals surface area contributed by atoms with E-state index in [9.17, 15) is 4.79 Å². The van der Waals surface area contributed by atoms with Gasteiger partial charge in [-0.2, -0.15) is 0 Å². The molecule has 3 rings (SSSR count). The van der Waals surface area contributed by atoms with Crippen LogP contribution in [-0.4, -0.2) is 31.1 Å². The van der Waals surface area contributed by atoms with E-state index in [1.54, 1.807) is 7.11 Å². The Morgan fingerprint density at radius 2 is 2.38 bits per heavy atom. The molecule has 1 aromatic heterocycles. The van der Waals surface area contributed by atoms with E-state index in [0.29, 0.717) is 5.13 Å². The third-order valence-electron chi connectivity index (χ3n) is 3.96. The molecule has 1 amide bonds. The number of benzene rings is 1. The first-order chi connectivity index (χ1) is 10.1. The normalized spacial score (nSPS) is 22.2. The molecule has 1 aliphatic rings. The van der Waals surface area contributed by atoms with E-state index in [-0.39, 0.29) is 11.3 Å². The van der Waals surface area contributed by atoms with Gasteiger partial charge in [-0.15, -0.1) is 0 Å². The molecule has 21 heavy (non-hydrogen) atoms. The number of thiazole rings is 1. The van der Waals surface area contributed by atoms with Crippen LogP contribution in [0, 0.1) is 5.41 Å². The Hall–Kier alpha value is -1.66. The zero-order valence-corrected chi connectivity index (χ0v) is 13.0. The first-order valence-electron chi connectivity index (χ1n) is 7.07. The molecule has 1 saturated heterocycles. The van der Waals surface area contributed by atoms with Crippen molar-refractivity contribution in [2.75, 3.05) is 25.5 Å². The summed E-state index contributed by atoms with van der Waals surface area (Å²) in [6.45, 7) is 3.71. The number of methoxy groups -OCH3 is 1. The summed E-state index contributed by atoms with van der Waals surface area (Å²) in [7, 11) is 1.64. The molecule has 2 heterocycles. The first kappa shape index (κ1) is 14.3. The van der Waals surface area contributed by atoms with Crippen molar-refractivity contribution in [1.29, 1.82) is 0 Å². The van der Waals surface area contributed by atoms with Gasteiger partial charge in [0.15, 0.2) is 5.13 Å². The fourth-order valence-corrected chi connectivity index (χ4v) is 3.47. The molecule has 2 N–H and O–H groups in total. The summed E-state index contributed by atoms with van der Waals surface area (Å²) in [5, 5.41) is 6.90. The minimum Gasteiger partial charge on any atom is -0.497 e. The van der Waals surface area contributed by atoms with Gasteiger partial charge in [0.25, 0.3) is 0 Å². The summed E-state index contributed by atoms with van der Waals surface area (Å²) < 4.78 is 6.22. The summed E-state index contributed by atoms with van der Waals surface area (Å²) in [5.41, 5.74) is 0.524. The van der Waals surface area contributed by atoms with Crippen molar-refractivity contribution in [3.05, 3.63) is 18.2 Å². The van der Waals surface area contributed by atoms with E-state index in [2.05, 4.69) is 15.6 Å². The Morgan fingerprint density at radius 1 is 1.52 bits per heavy atom. The number of amides is 1. The minimum absolute atomic E-state index is 0.0423. The Labute approximate surface area is 127 Å². The lowest BCUT2D eigenvalue weighted by molar-refractivity contribution is -0.125. The lowest BCUT2D eigenvalue weighted by atomic mass is 9.82. The standard InChI is InChI=1S/C15H19N3O2S/c1-15(6-3-7-16-9-15)13(19)18-14-17-11-5-4-10(20-2)8-12(11)21-14/h4-5,8,16H,3,6-7,9H2,1-2H3,(H,17,18,19). The Morgan fingerprint density at radius 3 is 3.10 bits per heavy atom. The number of nitrogens with zero attached hydrogens (tertiary/aromatic N) is 1. The van der Waals surface area contributed by atoms with Crippen LogP contribution in [0.25, 0.3) is 10.2 Å². The van der Waals surface area contributed by atoms with E-state index in [1.807, 2.05) is 25.1 Å². The summed E-state index contributed by atoms with van der Waals surface area (Å²) in [6.07, 6.45) is 1.94. The summed E-state index contributed by atoms with van der Waals surface area (Å²) in [4.78, 5) is 16.9. The second kappa shape index (κ2) is 5.61. The van der Waals surface area contributed by atoms with Gasteiger partial charge < -0.3 is 15.4 Å². The largest absolute Gasteiger partial charge is 0.497 e. The first-order valence-corrected chi connectivity index (χ1v) is 7.89. The molecule has 112 valence electrons. The number of carbonyl (C=O) groups is 1. The van der Waals surface area contributed by atoms with Gasteiger partial charge in [-0.1, -0.05) is 11.3 Å². The monoisotopic (exact) mass is 305 g/mol. The van der Waals surface area contributed by atoms with Crippen LogP contribution in [0.4, 0.5) is 5.13 Å². The zero-order chi connectivity index (χ0) is 14.9. The van der Waals surface area contributed by atoms with E-state index < -0.39 is 0 Å². The molecule has 0 spiro atoms. The maximum atomic E-state index is 12.5. The van der Waals surface area contributed by atoms with Gasteiger partial charge >= 0.3 is 0 Å². The van der Waals surface area contributed by atoms with Crippen molar-refractivity contribution in [2.45, 2.75) is 19.8 Å². The molecule has 2 aromatic rings. The van der Waals surface area contributed by atoms with Crippen LogP contribution in [0.2, 0.25) is 0 Å². The van der Waals surface area contributed by atoms with E-state index in [1.165, 1.54) is 11.3 Å². The van der Waals surface area contributed by atoms with Crippen LogP contribution >= 0.6 is 11.3 Å². The number of rotatable bonds is 3. The average Bonchev–Trinajstić information content (AvgIpc) is 2.89. The number of aromatic nitrogens is 1. The van der Waals surface area contributed by atoms with Crippen molar-refractivity contribution < 1.29 is 9.53 Å². The van der Waals surface area contributed by atoms with E-state index in [4.69, 9.17) is 4.74 Å². The lowest BCUT2D eigenvalue weighted by Crippen LogP contribution is -2.46. The predicted octanol–water partition coefficient (Wildman–Crippen LogP) is 2.63. The highest BCUT2D eigenvalue weighted by Gasteiger charge is 2.35. The van der Waals surface area contributed by atoms with Crippen molar-refractivity contribution in [3.63, 3.8) is 0 Å². The van der Waals surface area contributed by atoms with Crippen molar-refractivity contribution in [1.82, 2.24) is 10.3 Å². The van der Waals surface area contributed by atoms with Gasteiger partial charge in [0.2, 0.25) is 5.91 Å². The van der Waals surface area contributed by atoms with Gasteiger partial charge in [-0.25, -0.2) is 4.98 Å². The van der Waals surface area contributed by atoms with Gasteiger partial charge in [-0.3, -0.25) is 4.79 Å². The second-order valence-corrected chi connectivity index (χ2v) is 6.68. The highest BCUT2D eigenvalue weighted by molar-refractivity contribution is 7.22. The SMILES string of the molecule is COc1ccc2nc(NC(=O)C3(C)CCCNC3)sc2c1. The van der Waals surface area contributed by atoms with Crippen LogP contribution in [-0.2, 0) is 4.79 Å². The number of carbonyl (C=O) groups excluding carboxylic acids is 1. The summed E-state index contributed by atoms with van der Waals surface area (Å²) in [5.74, 6) is 0.841. The molecule has 0 saturated carbocycles. The van der Waals surface area contributed by atoms with Gasteiger partial charge in [0, 0.05) is 6.54 Å². The van der Waals surface area contributed by atoms with Crippen molar-refractivity contribution in [2.24, 2.45) is 5.41 Å². The third-order valence-corrected chi connectivity index (χ3v) is 4.90. The fraction of sp³-hybridized carbons (Fsp3) is 0.467. The number of hydrogen-bond acceptors (Lipinski definition) is 5. The molecule has 1 aliphatic heterocycles. The molecule has 1 atom stereocenters. The van der Waals surface area contributed by atoms with Crippen molar-refractivity contribution >= 4 is 32.6 Å². The molecule has 0 aliphatic carbocycles. The lowest BCUT2D eigenvalue weighted by Gasteiger charge is -2.32. The number of fused-ring (bicyclic) bond motifs is 1. The molecule has 0 bridgehead atoms. The number of ether oxygens (including phenoxy) is 1. The Kier molecular flexibility index (Phi) is 3.82. The average molecular weight is 305 g/mol. The van der Waals surface area contributed by atoms with E-state index >= 15 is 0 Å². The summed E-state index contributed by atoms with van der Waals surface area (Å²) >= 11 is 1.47. The topological polar surface area (TPSA) is 63.2 Å². The highest BCUT2D eigenvalue weighted by atomic mass is 32.1. The quantitative estimate of drug-likeness (QED) is 0.915. The number of hydrogen-bond donors (Lipinski definition) is 2. The van der Waals surface area contributed by atoms with Crippen LogP contribution in [0.3, 0.4) is 0 Å². The Balaban J connectivity index is 1.79. The second-order valence-electron chi connectivity index (χ2n) is 5.65. The molecule has 0 radical (unpaired) electrons. The van der Waals surface area contributed by atoms with Crippen LogP contribution in [0.5, 0.6) is 5.75 Å². The van der Waals surface area contributed by atoms with Gasteiger partial charge in [0.1, 0.15) is 5.75 Å². The molecular formula is C15H19N3O2S. The third kappa shape index (κ3) is 2.87. The van der Waals surface area contributed by atoms with Gasteiger partial charge in [0.05, 0.1) is 22.7 Å². The Bertz CT molecular complexity index is 662. The van der Waals surface area contributed by atoms with Crippen LogP contribution < -0.4 is 15.4 Å². The smallest absolute Gasteiger partial charge is 0.233 e. The maximum Gasteiger partial charge on any atom is 0.233 e. The minimum atomic E-state index is -0.353. The van der Waals surface area contributed by atoms with E-state index in [0.717, 1.165) is 41.9 Å².